The largest absolute Gasteiger partial charge is 0.335 e. The Kier molecular flexibility index (Phi) is 5.03. The average Bonchev–Trinajstić information content (AvgIpc) is 3.40. The Bertz CT molecular complexity index is 748. The van der Waals surface area contributed by atoms with Crippen molar-refractivity contribution in [2.24, 2.45) is 0 Å². The Hall–Kier alpha value is -2.82. The number of carbonyl (C=O) groups excluding carboxylic acids is 2. The molecule has 5 nitrogen and oxygen atoms in total. The highest BCUT2D eigenvalue weighted by atomic mass is 16.2. The number of hydrogen-bond donors (Lipinski definition) is 3. The van der Waals surface area contributed by atoms with Crippen LogP contribution in [0.5, 0.6) is 0 Å². The van der Waals surface area contributed by atoms with Gasteiger partial charge in [-0.2, -0.15) is 0 Å². The van der Waals surface area contributed by atoms with Gasteiger partial charge in [-0.05, 0) is 60.7 Å². The van der Waals surface area contributed by atoms with E-state index in [1.807, 2.05) is 24.3 Å². The molecule has 0 radical (unpaired) electrons. The summed E-state index contributed by atoms with van der Waals surface area (Å²) in [6.45, 7) is 4.24. The van der Waals surface area contributed by atoms with E-state index in [9.17, 15) is 9.59 Å². The molecule has 2 aromatic rings. The lowest BCUT2D eigenvalue weighted by molar-refractivity contribution is 0.102. The number of amides is 3. The first-order valence-corrected chi connectivity index (χ1v) is 8.60. The van der Waals surface area contributed by atoms with Crippen LogP contribution >= 0.6 is 0 Å². The summed E-state index contributed by atoms with van der Waals surface area (Å²) >= 11 is 0. The van der Waals surface area contributed by atoms with E-state index in [-0.39, 0.29) is 11.9 Å². The van der Waals surface area contributed by atoms with Crippen LogP contribution in [0.25, 0.3) is 0 Å². The summed E-state index contributed by atoms with van der Waals surface area (Å²) in [5.41, 5.74) is 3.20. The monoisotopic (exact) mass is 337 g/mol. The van der Waals surface area contributed by atoms with Gasteiger partial charge in [-0.25, -0.2) is 4.79 Å². The third kappa shape index (κ3) is 4.83. The number of benzene rings is 2. The van der Waals surface area contributed by atoms with Crippen LogP contribution in [0.2, 0.25) is 0 Å². The quantitative estimate of drug-likeness (QED) is 0.759. The van der Waals surface area contributed by atoms with E-state index in [0.717, 1.165) is 12.8 Å². The van der Waals surface area contributed by atoms with Gasteiger partial charge in [0.05, 0.1) is 0 Å². The zero-order valence-corrected chi connectivity index (χ0v) is 14.5. The number of rotatable bonds is 5. The molecule has 2 aromatic carbocycles. The van der Waals surface area contributed by atoms with Crippen molar-refractivity contribution in [2.45, 2.75) is 38.6 Å². The minimum Gasteiger partial charge on any atom is -0.335 e. The Morgan fingerprint density at radius 2 is 1.44 bits per heavy atom. The van der Waals surface area contributed by atoms with Crippen LogP contribution in [-0.4, -0.2) is 18.0 Å². The SMILES string of the molecule is CC(C)c1ccc(C(=O)Nc2ccc(NC(=O)NC3CC3)cc2)cc1. The normalized spacial score (nSPS) is 13.4. The molecule has 1 aliphatic carbocycles. The van der Waals surface area contributed by atoms with Gasteiger partial charge in [0.1, 0.15) is 0 Å². The molecule has 1 fully saturated rings. The van der Waals surface area contributed by atoms with Crippen molar-refractivity contribution in [1.29, 1.82) is 0 Å². The number of hydrogen-bond acceptors (Lipinski definition) is 2. The molecular weight excluding hydrogens is 314 g/mol. The fourth-order valence-corrected chi connectivity index (χ4v) is 2.44. The van der Waals surface area contributed by atoms with Gasteiger partial charge in [0, 0.05) is 23.0 Å². The van der Waals surface area contributed by atoms with Crippen LogP contribution in [0.15, 0.2) is 48.5 Å². The lowest BCUT2D eigenvalue weighted by atomic mass is 10.0. The standard InChI is InChI=1S/C20H23N3O2/c1-13(2)14-3-5-15(6-4-14)19(24)21-16-7-9-17(10-8-16)22-20(25)23-18-11-12-18/h3-10,13,18H,11-12H2,1-2H3,(H,21,24)(H2,22,23,25). The van der Waals surface area contributed by atoms with Gasteiger partial charge in [0.2, 0.25) is 0 Å². The summed E-state index contributed by atoms with van der Waals surface area (Å²) in [5, 5.41) is 8.51. The van der Waals surface area contributed by atoms with Crippen molar-refractivity contribution in [1.82, 2.24) is 5.32 Å². The van der Waals surface area contributed by atoms with E-state index in [1.165, 1.54) is 5.56 Å². The summed E-state index contributed by atoms with van der Waals surface area (Å²) in [6, 6.07) is 14.8. The molecule has 0 saturated heterocycles. The molecule has 0 unspecified atom stereocenters. The summed E-state index contributed by atoms with van der Waals surface area (Å²) < 4.78 is 0. The van der Waals surface area contributed by atoms with Crippen LogP contribution in [0, 0.1) is 0 Å². The average molecular weight is 337 g/mol. The zero-order valence-electron chi connectivity index (χ0n) is 14.5. The number of urea groups is 1. The van der Waals surface area contributed by atoms with E-state index >= 15 is 0 Å². The van der Waals surface area contributed by atoms with Gasteiger partial charge in [0.15, 0.2) is 0 Å². The van der Waals surface area contributed by atoms with Crippen molar-refractivity contribution in [3.63, 3.8) is 0 Å². The smallest absolute Gasteiger partial charge is 0.319 e. The molecule has 130 valence electrons. The Balaban J connectivity index is 1.56. The fourth-order valence-electron chi connectivity index (χ4n) is 2.44. The first kappa shape index (κ1) is 17.0. The molecule has 5 heteroatoms. The summed E-state index contributed by atoms with van der Waals surface area (Å²) in [5.74, 6) is 0.289. The topological polar surface area (TPSA) is 70.2 Å². The van der Waals surface area contributed by atoms with E-state index in [2.05, 4.69) is 29.8 Å². The number of anilines is 2. The fraction of sp³-hybridized carbons (Fsp3) is 0.300. The van der Waals surface area contributed by atoms with Gasteiger partial charge in [0.25, 0.3) is 5.91 Å². The highest BCUT2D eigenvalue weighted by Gasteiger charge is 2.23. The zero-order chi connectivity index (χ0) is 17.8. The molecule has 0 spiro atoms. The van der Waals surface area contributed by atoms with Crippen molar-refractivity contribution in [3.8, 4) is 0 Å². The number of nitrogens with one attached hydrogen (secondary N) is 3. The molecule has 0 bridgehead atoms. The van der Waals surface area contributed by atoms with Crippen molar-refractivity contribution >= 4 is 23.3 Å². The molecule has 3 rings (SSSR count). The Labute approximate surface area is 147 Å². The molecule has 0 heterocycles. The highest BCUT2D eigenvalue weighted by molar-refractivity contribution is 6.04. The Morgan fingerprint density at radius 3 is 1.96 bits per heavy atom. The maximum Gasteiger partial charge on any atom is 0.319 e. The van der Waals surface area contributed by atoms with Crippen LogP contribution < -0.4 is 16.0 Å². The third-order valence-corrected chi connectivity index (χ3v) is 4.15. The molecule has 25 heavy (non-hydrogen) atoms. The van der Waals surface area contributed by atoms with E-state index in [4.69, 9.17) is 0 Å². The number of carbonyl (C=O) groups is 2. The van der Waals surface area contributed by atoms with Gasteiger partial charge >= 0.3 is 6.03 Å². The van der Waals surface area contributed by atoms with E-state index in [1.54, 1.807) is 24.3 Å². The molecule has 0 aromatic heterocycles. The van der Waals surface area contributed by atoms with Gasteiger partial charge in [-0.3, -0.25) is 4.79 Å². The van der Waals surface area contributed by atoms with Crippen LogP contribution in [-0.2, 0) is 0 Å². The van der Waals surface area contributed by atoms with E-state index in [0.29, 0.717) is 28.9 Å². The second kappa shape index (κ2) is 7.38. The Morgan fingerprint density at radius 1 is 0.880 bits per heavy atom. The maximum atomic E-state index is 12.3. The third-order valence-electron chi connectivity index (χ3n) is 4.15. The summed E-state index contributed by atoms with van der Waals surface area (Å²) in [6.07, 6.45) is 2.10. The second-order valence-electron chi connectivity index (χ2n) is 6.68. The van der Waals surface area contributed by atoms with Crippen molar-refractivity contribution in [3.05, 3.63) is 59.7 Å². The van der Waals surface area contributed by atoms with Crippen LogP contribution in [0.3, 0.4) is 0 Å². The lowest BCUT2D eigenvalue weighted by Crippen LogP contribution is -2.30. The minimum atomic E-state index is -0.190. The molecule has 3 amide bonds. The maximum absolute atomic E-state index is 12.3. The van der Waals surface area contributed by atoms with Gasteiger partial charge in [-0.1, -0.05) is 26.0 Å². The first-order chi connectivity index (χ1) is 12.0. The van der Waals surface area contributed by atoms with Gasteiger partial charge in [-0.15, -0.1) is 0 Å². The minimum absolute atomic E-state index is 0.150. The highest BCUT2D eigenvalue weighted by Crippen LogP contribution is 2.20. The summed E-state index contributed by atoms with van der Waals surface area (Å²) in [7, 11) is 0. The first-order valence-electron chi connectivity index (χ1n) is 8.60. The van der Waals surface area contributed by atoms with Crippen LogP contribution in [0.1, 0.15) is 48.5 Å². The predicted octanol–water partition coefficient (Wildman–Crippen LogP) is 4.35. The van der Waals surface area contributed by atoms with Crippen molar-refractivity contribution < 1.29 is 9.59 Å². The molecule has 1 aliphatic rings. The van der Waals surface area contributed by atoms with E-state index < -0.39 is 0 Å². The molecule has 0 atom stereocenters. The molecule has 3 N–H and O–H groups in total. The van der Waals surface area contributed by atoms with Crippen molar-refractivity contribution in [2.75, 3.05) is 10.6 Å². The van der Waals surface area contributed by atoms with Gasteiger partial charge < -0.3 is 16.0 Å². The second-order valence-corrected chi connectivity index (χ2v) is 6.68. The predicted molar refractivity (Wildman–Crippen MR) is 100 cm³/mol. The molecule has 1 saturated carbocycles. The molecular formula is C20H23N3O2. The summed E-state index contributed by atoms with van der Waals surface area (Å²) in [4.78, 5) is 24.0. The lowest BCUT2D eigenvalue weighted by Gasteiger charge is -2.09. The van der Waals surface area contributed by atoms with Crippen LogP contribution in [0.4, 0.5) is 16.2 Å². The molecule has 0 aliphatic heterocycles.